The molecule has 1 aromatic heterocycles. The lowest BCUT2D eigenvalue weighted by Crippen LogP contribution is -2.46. The van der Waals surface area contributed by atoms with Gasteiger partial charge in [0.2, 0.25) is 5.91 Å². The molecule has 7 nitrogen and oxygen atoms in total. The van der Waals surface area contributed by atoms with E-state index in [0.717, 1.165) is 18.4 Å². The lowest BCUT2D eigenvalue weighted by Gasteiger charge is -2.26. The van der Waals surface area contributed by atoms with Crippen LogP contribution in [0.1, 0.15) is 29.0 Å². The highest BCUT2D eigenvalue weighted by atomic mass is 16.5. The minimum atomic E-state index is -0.509. The topological polar surface area (TPSA) is 107 Å². The number of nitrogens with one attached hydrogen (secondary N) is 2. The van der Waals surface area contributed by atoms with E-state index in [4.69, 9.17) is 14.9 Å². The fraction of sp³-hybridized carbons (Fsp3) is 0.368. The Morgan fingerprint density at radius 3 is 2.54 bits per heavy atom. The second-order valence-electron chi connectivity index (χ2n) is 6.32. The van der Waals surface area contributed by atoms with Gasteiger partial charge >= 0.3 is 0 Å². The fourth-order valence-corrected chi connectivity index (χ4v) is 2.90. The Balaban J connectivity index is 1.48. The molecule has 0 aliphatic carbocycles. The zero-order valence-corrected chi connectivity index (χ0v) is 14.4. The van der Waals surface area contributed by atoms with Crippen molar-refractivity contribution in [2.45, 2.75) is 25.4 Å². The Kier molecular flexibility index (Phi) is 6.04. The van der Waals surface area contributed by atoms with E-state index in [1.54, 1.807) is 24.3 Å². The smallest absolute Gasteiger partial charge is 0.291 e. The van der Waals surface area contributed by atoms with E-state index in [9.17, 15) is 9.59 Å². The molecule has 4 N–H and O–H groups in total. The van der Waals surface area contributed by atoms with Crippen molar-refractivity contribution in [1.29, 1.82) is 0 Å². The van der Waals surface area contributed by atoms with E-state index in [2.05, 4.69) is 10.6 Å². The Hall–Kier alpha value is -2.64. The van der Waals surface area contributed by atoms with Crippen LogP contribution in [0.5, 0.6) is 0 Å². The number of nitrogens with two attached hydrogens (primary N) is 1. The third-order valence-corrected chi connectivity index (χ3v) is 4.50. The van der Waals surface area contributed by atoms with E-state index in [-0.39, 0.29) is 23.5 Å². The summed E-state index contributed by atoms with van der Waals surface area (Å²) < 4.78 is 10.3. The van der Waals surface area contributed by atoms with Crippen LogP contribution in [0.4, 0.5) is 5.69 Å². The lowest BCUT2D eigenvalue weighted by molar-refractivity contribution is -0.124. The summed E-state index contributed by atoms with van der Waals surface area (Å²) in [5.74, 6) is -0.0306. The molecule has 2 heterocycles. The molecule has 2 amide bonds. The van der Waals surface area contributed by atoms with Crippen molar-refractivity contribution in [2.24, 2.45) is 11.7 Å². The van der Waals surface area contributed by atoms with Crippen molar-refractivity contribution in [3.63, 3.8) is 0 Å². The summed E-state index contributed by atoms with van der Waals surface area (Å²) in [6.45, 7) is 1.72. The first-order valence-corrected chi connectivity index (χ1v) is 8.68. The predicted octanol–water partition coefficient (Wildman–Crippen LogP) is 1.90. The van der Waals surface area contributed by atoms with Gasteiger partial charge in [0.1, 0.15) is 0 Å². The zero-order chi connectivity index (χ0) is 18.4. The number of rotatable bonds is 6. The van der Waals surface area contributed by atoms with Crippen LogP contribution in [0.3, 0.4) is 0 Å². The van der Waals surface area contributed by atoms with E-state index in [1.807, 2.05) is 12.1 Å². The van der Waals surface area contributed by atoms with Crippen molar-refractivity contribution >= 4 is 17.5 Å². The normalized spacial score (nSPS) is 16.0. The molecule has 1 atom stereocenters. The maximum Gasteiger partial charge on any atom is 0.291 e. The van der Waals surface area contributed by atoms with Crippen LogP contribution in [-0.4, -0.2) is 31.1 Å². The standard InChI is InChI=1S/C19H23N3O4/c20-17(14-7-10-25-11-8-14)19(24)21-12-13-3-5-15(6-4-13)22-18(23)16-2-1-9-26-16/h1-6,9,14,17H,7-8,10-12,20H2,(H,21,24)(H,22,23). The first kappa shape index (κ1) is 18.2. The molecular formula is C19H23N3O4. The average Bonchev–Trinajstić information content (AvgIpc) is 3.22. The highest BCUT2D eigenvalue weighted by Crippen LogP contribution is 2.18. The number of anilines is 1. The molecule has 26 heavy (non-hydrogen) atoms. The van der Waals surface area contributed by atoms with Gasteiger partial charge in [0.05, 0.1) is 12.3 Å². The summed E-state index contributed by atoms with van der Waals surface area (Å²) in [5.41, 5.74) is 7.64. The summed E-state index contributed by atoms with van der Waals surface area (Å²) in [4.78, 5) is 24.1. The number of ether oxygens (including phenoxy) is 1. The van der Waals surface area contributed by atoms with Gasteiger partial charge in [0, 0.05) is 25.4 Å². The highest BCUT2D eigenvalue weighted by Gasteiger charge is 2.26. The number of hydrogen-bond donors (Lipinski definition) is 3. The molecule has 0 spiro atoms. The van der Waals surface area contributed by atoms with Gasteiger partial charge in [-0.2, -0.15) is 0 Å². The highest BCUT2D eigenvalue weighted by molar-refractivity contribution is 6.02. The monoisotopic (exact) mass is 357 g/mol. The largest absolute Gasteiger partial charge is 0.459 e. The van der Waals surface area contributed by atoms with Crippen molar-refractivity contribution < 1.29 is 18.7 Å². The summed E-state index contributed by atoms with van der Waals surface area (Å²) in [6.07, 6.45) is 3.09. The molecule has 1 aliphatic heterocycles. The Morgan fingerprint density at radius 1 is 1.15 bits per heavy atom. The van der Waals surface area contributed by atoms with E-state index < -0.39 is 6.04 Å². The van der Waals surface area contributed by atoms with Gasteiger partial charge in [-0.05, 0) is 48.6 Å². The van der Waals surface area contributed by atoms with E-state index in [1.165, 1.54) is 6.26 Å². The molecule has 138 valence electrons. The Morgan fingerprint density at radius 2 is 1.88 bits per heavy atom. The number of hydrogen-bond acceptors (Lipinski definition) is 5. The van der Waals surface area contributed by atoms with Crippen LogP contribution < -0.4 is 16.4 Å². The van der Waals surface area contributed by atoms with Gasteiger partial charge < -0.3 is 25.5 Å². The lowest BCUT2D eigenvalue weighted by atomic mass is 9.92. The molecule has 3 rings (SSSR count). The van der Waals surface area contributed by atoms with Crippen LogP contribution >= 0.6 is 0 Å². The van der Waals surface area contributed by atoms with Gasteiger partial charge in [0.15, 0.2) is 5.76 Å². The molecule has 2 aromatic rings. The second-order valence-corrected chi connectivity index (χ2v) is 6.32. The minimum absolute atomic E-state index is 0.146. The van der Waals surface area contributed by atoms with E-state index in [0.29, 0.717) is 25.4 Å². The maximum atomic E-state index is 12.2. The second kappa shape index (κ2) is 8.64. The van der Waals surface area contributed by atoms with Crippen molar-refractivity contribution in [3.05, 3.63) is 54.0 Å². The van der Waals surface area contributed by atoms with Gasteiger partial charge in [-0.3, -0.25) is 9.59 Å². The average molecular weight is 357 g/mol. The summed E-state index contributed by atoms with van der Waals surface area (Å²) in [7, 11) is 0. The summed E-state index contributed by atoms with van der Waals surface area (Å²) in [6, 6.07) is 10.00. The molecule has 0 saturated carbocycles. The molecule has 1 aromatic carbocycles. The van der Waals surface area contributed by atoms with Gasteiger partial charge in [-0.25, -0.2) is 0 Å². The third kappa shape index (κ3) is 4.71. The molecular weight excluding hydrogens is 334 g/mol. The van der Waals surface area contributed by atoms with E-state index >= 15 is 0 Å². The predicted molar refractivity (Wildman–Crippen MR) is 96.5 cm³/mol. The van der Waals surface area contributed by atoms with Gasteiger partial charge in [-0.15, -0.1) is 0 Å². The SMILES string of the molecule is NC(C(=O)NCc1ccc(NC(=O)c2ccco2)cc1)C1CCOCC1. The number of carbonyl (C=O) groups excluding carboxylic acids is 2. The van der Waals surface area contributed by atoms with Gasteiger partial charge in [0.25, 0.3) is 5.91 Å². The van der Waals surface area contributed by atoms with Crippen LogP contribution in [0, 0.1) is 5.92 Å². The maximum absolute atomic E-state index is 12.2. The summed E-state index contributed by atoms with van der Waals surface area (Å²) in [5, 5.41) is 5.62. The minimum Gasteiger partial charge on any atom is -0.459 e. The third-order valence-electron chi connectivity index (χ3n) is 4.50. The molecule has 0 bridgehead atoms. The van der Waals surface area contributed by atoms with Crippen LogP contribution in [-0.2, 0) is 16.1 Å². The molecule has 1 saturated heterocycles. The molecule has 7 heteroatoms. The summed E-state index contributed by atoms with van der Waals surface area (Å²) >= 11 is 0. The molecule has 1 aliphatic rings. The van der Waals surface area contributed by atoms with Crippen molar-refractivity contribution in [1.82, 2.24) is 5.32 Å². The number of furan rings is 1. The first-order chi connectivity index (χ1) is 12.6. The zero-order valence-electron chi connectivity index (χ0n) is 14.4. The van der Waals surface area contributed by atoms with Crippen LogP contribution in [0.25, 0.3) is 0 Å². The molecule has 0 radical (unpaired) electrons. The van der Waals surface area contributed by atoms with Crippen LogP contribution in [0.2, 0.25) is 0 Å². The van der Waals surface area contributed by atoms with Gasteiger partial charge in [-0.1, -0.05) is 12.1 Å². The molecule has 1 unspecified atom stereocenters. The number of benzene rings is 1. The van der Waals surface area contributed by atoms with Crippen molar-refractivity contribution in [2.75, 3.05) is 18.5 Å². The Bertz CT molecular complexity index is 722. The van der Waals surface area contributed by atoms with Crippen molar-refractivity contribution in [3.8, 4) is 0 Å². The number of carbonyl (C=O) groups is 2. The quantitative estimate of drug-likeness (QED) is 0.732. The number of amides is 2. The Labute approximate surface area is 151 Å². The molecule has 1 fully saturated rings. The first-order valence-electron chi connectivity index (χ1n) is 8.68. The fourth-order valence-electron chi connectivity index (χ4n) is 2.90. The van der Waals surface area contributed by atoms with Crippen LogP contribution in [0.15, 0.2) is 47.1 Å².